The predicted octanol–water partition coefficient (Wildman–Crippen LogP) is 2.42. The molecule has 0 saturated heterocycles. The smallest absolute Gasteiger partial charge is 0.0726 e. The molecule has 0 aliphatic carbocycles. The van der Waals surface area contributed by atoms with Crippen LogP contribution >= 0.6 is 11.6 Å². The van der Waals surface area contributed by atoms with Gasteiger partial charge in [0.15, 0.2) is 0 Å². The first-order valence-corrected chi connectivity index (χ1v) is 6.02. The summed E-state index contributed by atoms with van der Waals surface area (Å²) in [6.45, 7) is 4.75. The summed E-state index contributed by atoms with van der Waals surface area (Å²) in [5.74, 6) is 0. The summed E-state index contributed by atoms with van der Waals surface area (Å²) in [7, 11) is 0. The Morgan fingerprint density at radius 2 is 2.25 bits per heavy atom. The highest BCUT2D eigenvalue weighted by atomic mass is 35.5. The van der Waals surface area contributed by atoms with Gasteiger partial charge in [0.2, 0.25) is 0 Å². The van der Waals surface area contributed by atoms with Gasteiger partial charge in [0.1, 0.15) is 0 Å². The van der Waals surface area contributed by atoms with Crippen LogP contribution in [0.25, 0.3) is 0 Å². The lowest BCUT2D eigenvalue weighted by Gasteiger charge is -2.22. The van der Waals surface area contributed by atoms with E-state index in [2.05, 4.69) is 11.9 Å². The first-order chi connectivity index (χ1) is 7.69. The maximum atomic E-state index is 6.11. The molecule has 0 saturated carbocycles. The molecule has 1 heterocycles. The SMILES string of the molecule is CCOC(CC)C(N)Cc1ccncc1Cl. The van der Waals surface area contributed by atoms with Crippen molar-refractivity contribution in [3.8, 4) is 0 Å². The van der Waals surface area contributed by atoms with Gasteiger partial charge in [-0.2, -0.15) is 0 Å². The molecule has 0 fully saturated rings. The third-order valence-electron chi connectivity index (χ3n) is 2.57. The molecule has 16 heavy (non-hydrogen) atoms. The fourth-order valence-electron chi connectivity index (χ4n) is 1.71. The third kappa shape index (κ3) is 3.74. The molecule has 0 aliphatic heterocycles. The predicted molar refractivity (Wildman–Crippen MR) is 66.6 cm³/mol. The second-order valence-electron chi connectivity index (χ2n) is 3.74. The number of hydrogen-bond acceptors (Lipinski definition) is 3. The zero-order valence-corrected chi connectivity index (χ0v) is 10.6. The zero-order valence-electron chi connectivity index (χ0n) is 9.82. The molecule has 4 heteroatoms. The summed E-state index contributed by atoms with van der Waals surface area (Å²) in [5.41, 5.74) is 7.14. The average Bonchev–Trinajstić information content (AvgIpc) is 2.29. The standard InChI is InChI=1S/C12H19ClN2O/c1-3-12(16-4-2)11(14)7-9-5-6-15-8-10(9)13/h5-6,8,11-12H,3-4,7,14H2,1-2H3. The van der Waals surface area contributed by atoms with E-state index >= 15 is 0 Å². The fourth-order valence-corrected chi connectivity index (χ4v) is 1.91. The van der Waals surface area contributed by atoms with Gasteiger partial charge in [0, 0.05) is 25.0 Å². The minimum Gasteiger partial charge on any atom is -0.377 e. The minimum absolute atomic E-state index is 0.0233. The van der Waals surface area contributed by atoms with Gasteiger partial charge in [-0.15, -0.1) is 0 Å². The van der Waals surface area contributed by atoms with Crippen LogP contribution in [0.3, 0.4) is 0 Å². The highest BCUT2D eigenvalue weighted by Crippen LogP contribution is 2.17. The number of nitrogens with two attached hydrogens (primary N) is 1. The van der Waals surface area contributed by atoms with Crippen molar-refractivity contribution in [1.29, 1.82) is 0 Å². The Morgan fingerprint density at radius 1 is 1.50 bits per heavy atom. The molecule has 2 unspecified atom stereocenters. The van der Waals surface area contributed by atoms with Crippen LogP contribution in [0.1, 0.15) is 25.8 Å². The Kier molecular flexibility index (Phi) is 5.74. The van der Waals surface area contributed by atoms with Crippen molar-refractivity contribution in [2.45, 2.75) is 38.8 Å². The average molecular weight is 243 g/mol. The van der Waals surface area contributed by atoms with Crippen LogP contribution in [0, 0.1) is 0 Å². The number of ether oxygens (including phenoxy) is 1. The van der Waals surface area contributed by atoms with Crippen LogP contribution in [0.2, 0.25) is 5.02 Å². The molecule has 0 amide bonds. The summed E-state index contributed by atoms with van der Waals surface area (Å²) >= 11 is 6.03. The maximum absolute atomic E-state index is 6.11. The topological polar surface area (TPSA) is 48.1 Å². The van der Waals surface area contributed by atoms with Gasteiger partial charge in [-0.1, -0.05) is 18.5 Å². The molecule has 0 aliphatic rings. The van der Waals surface area contributed by atoms with Gasteiger partial charge in [0.25, 0.3) is 0 Å². The maximum Gasteiger partial charge on any atom is 0.0726 e. The van der Waals surface area contributed by atoms with E-state index in [1.54, 1.807) is 12.4 Å². The van der Waals surface area contributed by atoms with E-state index < -0.39 is 0 Å². The lowest BCUT2D eigenvalue weighted by atomic mass is 10.0. The summed E-state index contributed by atoms with van der Waals surface area (Å²) < 4.78 is 5.58. The molecule has 0 bridgehead atoms. The lowest BCUT2D eigenvalue weighted by Crippen LogP contribution is -2.38. The van der Waals surface area contributed by atoms with Gasteiger partial charge >= 0.3 is 0 Å². The minimum atomic E-state index is -0.0233. The lowest BCUT2D eigenvalue weighted by molar-refractivity contribution is 0.0417. The van der Waals surface area contributed by atoms with E-state index in [1.807, 2.05) is 13.0 Å². The van der Waals surface area contributed by atoms with E-state index in [0.717, 1.165) is 18.4 Å². The molecule has 0 aromatic carbocycles. The fraction of sp³-hybridized carbons (Fsp3) is 0.583. The molecule has 1 aromatic rings. The molecule has 90 valence electrons. The molecule has 1 rings (SSSR count). The van der Waals surface area contributed by atoms with E-state index in [9.17, 15) is 0 Å². The molecule has 0 spiro atoms. The van der Waals surface area contributed by atoms with Gasteiger partial charge in [0.05, 0.1) is 11.1 Å². The van der Waals surface area contributed by atoms with E-state index in [-0.39, 0.29) is 12.1 Å². The number of halogens is 1. The summed E-state index contributed by atoms with van der Waals surface area (Å²) in [6.07, 6.45) is 5.10. The number of hydrogen-bond donors (Lipinski definition) is 1. The number of pyridine rings is 1. The number of nitrogens with zero attached hydrogens (tertiary/aromatic N) is 1. The van der Waals surface area contributed by atoms with Gasteiger partial charge < -0.3 is 10.5 Å². The molecular weight excluding hydrogens is 224 g/mol. The number of rotatable bonds is 6. The zero-order chi connectivity index (χ0) is 12.0. The summed E-state index contributed by atoms with van der Waals surface area (Å²) in [5, 5.41) is 0.671. The second kappa shape index (κ2) is 6.84. The first-order valence-electron chi connectivity index (χ1n) is 5.64. The Balaban J connectivity index is 2.62. The highest BCUT2D eigenvalue weighted by Gasteiger charge is 2.17. The molecule has 2 atom stereocenters. The quantitative estimate of drug-likeness (QED) is 0.834. The molecule has 0 radical (unpaired) electrons. The van der Waals surface area contributed by atoms with Crippen LogP contribution in [0.4, 0.5) is 0 Å². The molecule has 2 N–H and O–H groups in total. The molecule has 1 aromatic heterocycles. The van der Waals surface area contributed by atoms with Crippen molar-refractivity contribution in [3.05, 3.63) is 29.0 Å². The Bertz CT molecular complexity index is 320. The Labute approximate surface area is 102 Å². The summed E-state index contributed by atoms with van der Waals surface area (Å²) in [4.78, 5) is 3.95. The molecule has 3 nitrogen and oxygen atoms in total. The highest BCUT2D eigenvalue weighted by molar-refractivity contribution is 6.31. The van der Waals surface area contributed by atoms with Crippen LogP contribution in [-0.4, -0.2) is 23.7 Å². The van der Waals surface area contributed by atoms with Gasteiger partial charge in [-0.3, -0.25) is 4.98 Å². The monoisotopic (exact) mass is 242 g/mol. The Hall–Kier alpha value is -0.640. The molecular formula is C12H19ClN2O. The van der Waals surface area contributed by atoms with E-state index in [0.29, 0.717) is 11.6 Å². The van der Waals surface area contributed by atoms with Crippen LogP contribution in [0.15, 0.2) is 18.5 Å². The van der Waals surface area contributed by atoms with Crippen LogP contribution in [-0.2, 0) is 11.2 Å². The van der Waals surface area contributed by atoms with Crippen molar-refractivity contribution in [2.75, 3.05) is 6.61 Å². The second-order valence-corrected chi connectivity index (χ2v) is 4.14. The van der Waals surface area contributed by atoms with E-state index in [1.165, 1.54) is 0 Å². The first kappa shape index (κ1) is 13.4. The van der Waals surface area contributed by atoms with Crippen molar-refractivity contribution in [1.82, 2.24) is 4.98 Å². The normalized spacial score (nSPS) is 14.8. The van der Waals surface area contributed by atoms with E-state index in [4.69, 9.17) is 22.1 Å². The largest absolute Gasteiger partial charge is 0.377 e. The van der Waals surface area contributed by atoms with Crippen LogP contribution in [0.5, 0.6) is 0 Å². The van der Waals surface area contributed by atoms with Gasteiger partial charge in [-0.25, -0.2) is 0 Å². The van der Waals surface area contributed by atoms with Crippen LogP contribution < -0.4 is 5.73 Å². The van der Waals surface area contributed by atoms with Crippen molar-refractivity contribution < 1.29 is 4.74 Å². The Morgan fingerprint density at radius 3 is 2.81 bits per heavy atom. The van der Waals surface area contributed by atoms with Gasteiger partial charge in [-0.05, 0) is 31.4 Å². The summed E-state index contributed by atoms with van der Waals surface area (Å²) in [6, 6.07) is 1.88. The van der Waals surface area contributed by atoms with Crippen molar-refractivity contribution >= 4 is 11.6 Å². The third-order valence-corrected chi connectivity index (χ3v) is 2.91. The van der Waals surface area contributed by atoms with Crippen molar-refractivity contribution in [2.24, 2.45) is 5.73 Å². The van der Waals surface area contributed by atoms with Crippen molar-refractivity contribution in [3.63, 3.8) is 0 Å². The number of aromatic nitrogens is 1.